The number of halogens is 1. The van der Waals surface area contributed by atoms with Gasteiger partial charge in [-0.3, -0.25) is 4.68 Å². The number of rotatable bonds is 3. The molecular formula is C13H16ClN3O. The van der Waals surface area contributed by atoms with E-state index in [1.54, 1.807) is 17.9 Å². The van der Waals surface area contributed by atoms with E-state index in [1.807, 2.05) is 32.3 Å². The molecule has 0 fully saturated rings. The summed E-state index contributed by atoms with van der Waals surface area (Å²) in [6.07, 6.45) is 1.93. The summed E-state index contributed by atoms with van der Waals surface area (Å²) in [6, 6.07) is 5.33. The number of nitrogens with zero attached hydrogens (tertiary/aromatic N) is 2. The lowest BCUT2D eigenvalue weighted by Gasteiger charge is -2.13. The third kappa shape index (κ3) is 2.35. The molecular weight excluding hydrogens is 250 g/mol. The Morgan fingerprint density at radius 3 is 2.72 bits per heavy atom. The van der Waals surface area contributed by atoms with E-state index in [2.05, 4.69) is 5.10 Å². The van der Waals surface area contributed by atoms with Crippen molar-refractivity contribution in [2.24, 2.45) is 12.8 Å². The number of methoxy groups -OCH3 is 1. The molecule has 0 aliphatic carbocycles. The largest absolute Gasteiger partial charge is 0.495 e. The lowest BCUT2D eigenvalue weighted by molar-refractivity contribution is 0.414. The Morgan fingerprint density at radius 2 is 2.17 bits per heavy atom. The number of ether oxygens (including phenoxy) is 1. The van der Waals surface area contributed by atoms with E-state index in [9.17, 15) is 0 Å². The molecule has 2 aromatic rings. The lowest BCUT2D eigenvalue weighted by Crippen LogP contribution is -2.12. The smallest absolute Gasteiger partial charge is 0.137 e. The summed E-state index contributed by atoms with van der Waals surface area (Å²) in [5, 5.41) is 4.88. The molecule has 1 aromatic carbocycles. The summed E-state index contributed by atoms with van der Waals surface area (Å²) in [6.45, 7) is 1.95. The number of benzene rings is 1. The van der Waals surface area contributed by atoms with Crippen LogP contribution in [-0.2, 0) is 7.05 Å². The van der Waals surface area contributed by atoms with Gasteiger partial charge in [0.1, 0.15) is 5.75 Å². The van der Waals surface area contributed by atoms with Crippen molar-refractivity contribution >= 4 is 11.6 Å². The maximum absolute atomic E-state index is 6.25. The first-order chi connectivity index (χ1) is 8.52. The fourth-order valence-corrected chi connectivity index (χ4v) is 2.17. The minimum absolute atomic E-state index is 0.232. The van der Waals surface area contributed by atoms with Crippen LogP contribution in [0.1, 0.15) is 22.9 Å². The average molecular weight is 266 g/mol. The van der Waals surface area contributed by atoms with Crippen LogP contribution >= 0.6 is 11.6 Å². The van der Waals surface area contributed by atoms with Crippen molar-refractivity contribution in [3.63, 3.8) is 0 Å². The molecule has 0 spiro atoms. The van der Waals surface area contributed by atoms with E-state index in [4.69, 9.17) is 22.1 Å². The first-order valence-corrected chi connectivity index (χ1v) is 6.00. The summed E-state index contributed by atoms with van der Waals surface area (Å²) >= 11 is 6.00. The second-order valence-electron chi connectivity index (χ2n) is 4.22. The van der Waals surface area contributed by atoms with Gasteiger partial charge >= 0.3 is 0 Å². The molecule has 0 saturated heterocycles. The third-order valence-electron chi connectivity index (χ3n) is 2.92. The minimum atomic E-state index is -0.232. The van der Waals surface area contributed by atoms with Gasteiger partial charge in [0.05, 0.1) is 23.9 Å². The molecule has 4 nitrogen and oxygen atoms in total. The van der Waals surface area contributed by atoms with E-state index in [-0.39, 0.29) is 6.04 Å². The van der Waals surface area contributed by atoms with Crippen LogP contribution in [0.15, 0.2) is 24.4 Å². The van der Waals surface area contributed by atoms with Crippen molar-refractivity contribution in [2.75, 3.05) is 7.11 Å². The summed E-state index contributed by atoms with van der Waals surface area (Å²) < 4.78 is 6.96. The van der Waals surface area contributed by atoms with Crippen molar-refractivity contribution in [1.29, 1.82) is 0 Å². The van der Waals surface area contributed by atoms with Gasteiger partial charge < -0.3 is 10.5 Å². The second-order valence-corrected chi connectivity index (χ2v) is 4.62. The molecule has 1 aromatic heterocycles. The number of nitrogens with two attached hydrogens (primary N) is 1. The quantitative estimate of drug-likeness (QED) is 0.927. The Morgan fingerprint density at radius 1 is 1.44 bits per heavy atom. The van der Waals surface area contributed by atoms with Crippen molar-refractivity contribution in [3.05, 3.63) is 46.2 Å². The predicted molar refractivity (Wildman–Crippen MR) is 72.0 cm³/mol. The van der Waals surface area contributed by atoms with Crippen molar-refractivity contribution in [1.82, 2.24) is 9.78 Å². The zero-order chi connectivity index (χ0) is 13.3. The molecule has 0 radical (unpaired) electrons. The topological polar surface area (TPSA) is 53.1 Å². The Kier molecular flexibility index (Phi) is 3.59. The zero-order valence-electron chi connectivity index (χ0n) is 10.6. The first kappa shape index (κ1) is 12.9. The van der Waals surface area contributed by atoms with Crippen molar-refractivity contribution in [2.45, 2.75) is 13.0 Å². The van der Waals surface area contributed by atoms with Gasteiger partial charge in [-0.15, -0.1) is 0 Å². The Hall–Kier alpha value is -1.52. The Bertz CT molecular complexity index is 565. The van der Waals surface area contributed by atoms with Crippen LogP contribution in [0.25, 0.3) is 0 Å². The van der Waals surface area contributed by atoms with Crippen LogP contribution in [0.4, 0.5) is 0 Å². The maximum atomic E-state index is 6.25. The first-order valence-electron chi connectivity index (χ1n) is 5.62. The molecule has 2 N–H and O–H groups in total. The average Bonchev–Trinajstić information content (AvgIpc) is 2.68. The third-order valence-corrected chi connectivity index (χ3v) is 3.23. The van der Waals surface area contributed by atoms with Gasteiger partial charge in [-0.05, 0) is 24.6 Å². The second kappa shape index (κ2) is 5.00. The summed E-state index contributed by atoms with van der Waals surface area (Å²) in [7, 11) is 3.47. The predicted octanol–water partition coefficient (Wildman–Crippen LogP) is 2.44. The van der Waals surface area contributed by atoms with E-state index < -0.39 is 0 Å². The Balaban J connectivity index is 2.39. The molecule has 0 saturated carbocycles. The van der Waals surface area contributed by atoms with Gasteiger partial charge in [0, 0.05) is 18.8 Å². The van der Waals surface area contributed by atoms with E-state index in [0.717, 1.165) is 16.8 Å². The monoisotopic (exact) mass is 265 g/mol. The van der Waals surface area contributed by atoms with Gasteiger partial charge in [0.15, 0.2) is 0 Å². The van der Waals surface area contributed by atoms with Crippen molar-refractivity contribution in [3.8, 4) is 5.75 Å². The summed E-state index contributed by atoms with van der Waals surface area (Å²) in [5.74, 6) is 0.631. The molecule has 18 heavy (non-hydrogen) atoms. The van der Waals surface area contributed by atoms with Gasteiger partial charge in [0.25, 0.3) is 0 Å². The SMILES string of the molecule is COc1cc(C(N)c2cn(C)nc2C)ccc1Cl. The molecule has 96 valence electrons. The molecule has 0 bridgehead atoms. The maximum Gasteiger partial charge on any atom is 0.137 e. The number of aryl methyl sites for hydroxylation is 2. The van der Waals surface area contributed by atoms with Gasteiger partial charge in [-0.1, -0.05) is 17.7 Å². The van der Waals surface area contributed by atoms with Crippen LogP contribution in [-0.4, -0.2) is 16.9 Å². The highest BCUT2D eigenvalue weighted by molar-refractivity contribution is 6.32. The number of aromatic nitrogens is 2. The van der Waals surface area contributed by atoms with Gasteiger partial charge in [0.2, 0.25) is 0 Å². The highest BCUT2D eigenvalue weighted by Crippen LogP contribution is 2.30. The summed E-state index contributed by atoms with van der Waals surface area (Å²) in [4.78, 5) is 0. The summed E-state index contributed by atoms with van der Waals surface area (Å²) in [5.41, 5.74) is 9.13. The Labute approximate surface area is 111 Å². The fraction of sp³-hybridized carbons (Fsp3) is 0.308. The molecule has 0 amide bonds. The molecule has 5 heteroatoms. The highest BCUT2D eigenvalue weighted by Gasteiger charge is 2.15. The fourth-order valence-electron chi connectivity index (χ4n) is 1.97. The van der Waals surface area contributed by atoms with Crippen LogP contribution in [0, 0.1) is 6.92 Å². The number of hydrogen-bond donors (Lipinski definition) is 1. The van der Waals surface area contributed by atoms with E-state index >= 15 is 0 Å². The molecule has 1 atom stereocenters. The lowest BCUT2D eigenvalue weighted by atomic mass is 10.0. The van der Waals surface area contributed by atoms with Crippen LogP contribution in [0.2, 0.25) is 5.02 Å². The standard InChI is InChI=1S/C13H16ClN3O/c1-8-10(7-17(2)16-8)13(15)9-4-5-11(14)12(6-9)18-3/h4-7,13H,15H2,1-3H3. The molecule has 2 rings (SSSR count). The van der Waals surface area contributed by atoms with E-state index in [0.29, 0.717) is 10.8 Å². The molecule has 1 heterocycles. The molecule has 0 aliphatic rings. The number of hydrogen-bond acceptors (Lipinski definition) is 3. The van der Waals surface area contributed by atoms with Gasteiger partial charge in [-0.25, -0.2) is 0 Å². The molecule has 1 unspecified atom stereocenters. The van der Waals surface area contributed by atoms with Gasteiger partial charge in [-0.2, -0.15) is 5.10 Å². The minimum Gasteiger partial charge on any atom is -0.495 e. The van der Waals surface area contributed by atoms with Crippen LogP contribution in [0.5, 0.6) is 5.75 Å². The van der Waals surface area contributed by atoms with E-state index in [1.165, 1.54) is 0 Å². The molecule has 0 aliphatic heterocycles. The normalized spacial score (nSPS) is 12.5. The van der Waals surface area contributed by atoms with Crippen molar-refractivity contribution < 1.29 is 4.74 Å². The highest BCUT2D eigenvalue weighted by atomic mass is 35.5. The van der Waals surface area contributed by atoms with Crippen LogP contribution < -0.4 is 10.5 Å². The zero-order valence-corrected chi connectivity index (χ0v) is 11.4. The van der Waals surface area contributed by atoms with Crippen LogP contribution in [0.3, 0.4) is 0 Å².